The number of nitrogens with zero attached hydrogens (tertiary/aromatic N) is 3. The monoisotopic (exact) mass is 272 g/mol. The first-order valence-corrected chi connectivity index (χ1v) is 6.69. The summed E-state index contributed by atoms with van der Waals surface area (Å²) in [6, 6.07) is 1.86. The van der Waals surface area contributed by atoms with Crippen molar-refractivity contribution >= 4 is 16.9 Å². The van der Waals surface area contributed by atoms with Crippen molar-refractivity contribution in [3.8, 4) is 0 Å². The van der Waals surface area contributed by atoms with Crippen molar-refractivity contribution in [2.45, 2.75) is 26.7 Å². The van der Waals surface area contributed by atoms with Gasteiger partial charge in [-0.2, -0.15) is 5.10 Å². The number of nitrogens with one attached hydrogen (secondary N) is 1. The molecule has 5 nitrogen and oxygen atoms in total. The molecule has 0 aliphatic rings. The second kappa shape index (κ2) is 5.45. The molecule has 106 valence electrons. The molecule has 0 aromatic carbocycles. The van der Waals surface area contributed by atoms with E-state index in [1.54, 1.807) is 10.8 Å². The summed E-state index contributed by atoms with van der Waals surface area (Å²) in [5.74, 6) is 0.135. The molecule has 0 spiro atoms. The molecule has 2 aromatic rings. The molecule has 2 rings (SSSR count). The Kier molecular flexibility index (Phi) is 3.88. The van der Waals surface area contributed by atoms with E-state index in [0.29, 0.717) is 12.1 Å². The average molecular weight is 272 g/mol. The van der Waals surface area contributed by atoms with Gasteiger partial charge in [-0.1, -0.05) is 19.9 Å². The number of carbonyl (C=O) groups excluding carboxylic acids is 1. The zero-order chi connectivity index (χ0) is 14.9. The molecule has 0 atom stereocenters. The minimum absolute atomic E-state index is 0.115. The van der Waals surface area contributed by atoms with Crippen LogP contribution in [-0.2, 0) is 7.05 Å². The van der Waals surface area contributed by atoms with Gasteiger partial charge in [0.2, 0.25) is 0 Å². The predicted molar refractivity (Wildman–Crippen MR) is 79.9 cm³/mol. The van der Waals surface area contributed by atoms with E-state index in [0.717, 1.165) is 22.4 Å². The van der Waals surface area contributed by atoms with Gasteiger partial charge in [-0.25, -0.2) is 4.98 Å². The fourth-order valence-corrected chi connectivity index (χ4v) is 2.20. The summed E-state index contributed by atoms with van der Waals surface area (Å²) in [6.07, 6.45) is 1.66. The summed E-state index contributed by atoms with van der Waals surface area (Å²) in [6.45, 7) is 10.1. The number of hydrogen-bond donors (Lipinski definition) is 1. The lowest BCUT2D eigenvalue weighted by atomic mass is 10.0. The first-order valence-electron chi connectivity index (χ1n) is 6.69. The summed E-state index contributed by atoms with van der Waals surface area (Å²) >= 11 is 0. The van der Waals surface area contributed by atoms with Crippen LogP contribution in [0.1, 0.15) is 41.5 Å². The predicted octanol–water partition coefficient (Wildman–Crippen LogP) is 2.32. The first kappa shape index (κ1) is 14.2. The Labute approximate surface area is 118 Å². The van der Waals surface area contributed by atoms with Crippen LogP contribution < -0.4 is 5.32 Å². The fraction of sp³-hybridized carbons (Fsp3) is 0.400. The zero-order valence-electron chi connectivity index (χ0n) is 12.4. The van der Waals surface area contributed by atoms with Gasteiger partial charge in [0.05, 0.1) is 16.6 Å². The van der Waals surface area contributed by atoms with Crippen molar-refractivity contribution in [2.24, 2.45) is 7.05 Å². The number of carbonyl (C=O) groups is 1. The van der Waals surface area contributed by atoms with Crippen LogP contribution >= 0.6 is 0 Å². The van der Waals surface area contributed by atoms with Crippen molar-refractivity contribution in [2.75, 3.05) is 6.54 Å². The summed E-state index contributed by atoms with van der Waals surface area (Å²) < 4.78 is 1.72. The van der Waals surface area contributed by atoms with Gasteiger partial charge in [0.25, 0.3) is 5.91 Å². The first-order chi connectivity index (χ1) is 9.45. The molecule has 1 N–H and O–H groups in total. The molecule has 0 aliphatic heterocycles. The molecule has 0 bridgehead atoms. The number of pyridine rings is 1. The third-order valence-electron chi connectivity index (χ3n) is 3.23. The summed E-state index contributed by atoms with van der Waals surface area (Å²) in [4.78, 5) is 16.9. The maximum absolute atomic E-state index is 12.3. The molecule has 1 amide bonds. The van der Waals surface area contributed by atoms with Crippen LogP contribution in [0.4, 0.5) is 0 Å². The Balaban J connectivity index is 2.66. The maximum Gasteiger partial charge on any atom is 0.252 e. The van der Waals surface area contributed by atoms with E-state index >= 15 is 0 Å². The molecule has 2 aromatic heterocycles. The van der Waals surface area contributed by atoms with E-state index in [4.69, 9.17) is 0 Å². The fourth-order valence-electron chi connectivity index (χ4n) is 2.20. The highest BCUT2D eigenvalue weighted by molar-refractivity contribution is 6.06. The van der Waals surface area contributed by atoms with Crippen LogP contribution in [-0.4, -0.2) is 27.2 Å². The Morgan fingerprint density at radius 3 is 2.85 bits per heavy atom. The van der Waals surface area contributed by atoms with Crippen molar-refractivity contribution in [3.05, 3.63) is 35.7 Å². The number of amides is 1. The Morgan fingerprint density at radius 2 is 2.25 bits per heavy atom. The largest absolute Gasteiger partial charge is 0.349 e. The van der Waals surface area contributed by atoms with Crippen molar-refractivity contribution < 1.29 is 4.79 Å². The molecule has 0 fully saturated rings. The molecule has 5 heteroatoms. The Bertz CT molecular complexity index is 670. The van der Waals surface area contributed by atoms with E-state index in [9.17, 15) is 4.79 Å². The van der Waals surface area contributed by atoms with Crippen LogP contribution in [0.2, 0.25) is 0 Å². The molecular formula is C15H20N4O. The normalized spacial score (nSPS) is 11.1. The van der Waals surface area contributed by atoms with Gasteiger partial charge in [-0.3, -0.25) is 9.48 Å². The van der Waals surface area contributed by atoms with E-state index < -0.39 is 0 Å². The molecule has 0 saturated heterocycles. The van der Waals surface area contributed by atoms with E-state index in [-0.39, 0.29) is 11.8 Å². The molecule has 2 heterocycles. The smallest absolute Gasteiger partial charge is 0.252 e. The van der Waals surface area contributed by atoms with Crippen LogP contribution in [0.15, 0.2) is 18.7 Å². The average Bonchev–Trinajstić information content (AvgIpc) is 2.70. The minimum atomic E-state index is -0.115. The van der Waals surface area contributed by atoms with Gasteiger partial charge in [0, 0.05) is 19.3 Å². The van der Waals surface area contributed by atoms with Gasteiger partial charge in [-0.15, -0.1) is 6.58 Å². The minimum Gasteiger partial charge on any atom is -0.349 e. The zero-order valence-corrected chi connectivity index (χ0v) is 12.4. The number of aryl methyl sites for hydroxylation is 2. The van der Waals surface area contributed by atoms with Crippen LogP contribution in [0, 0.1) is 6.92 Å². The highest BCUT2D eigenvalue weighted by Crippen LogP contribution is 2.24. The third kappa shape index (κ3) is 2.43. The van der Waals surface area contributed by atoms with E-state index in [1.165, 1.54) is 0 Å². The molecule has 0 saturated carbocycles. The summed E-state index contributed by atoms with van der Waals surface area (Å²) in [5, 5.41) is 8.01. The Morgan fingerprint density at radius 1 is 1.55 bits per heavy atom. The topological polar surface area (TPSA) is 59.8 Å². The van der Waals surface area contributed by atoms with E-state index in [2.05, 4.69) is 35.8 Å². The van der Waals surface area contributed by atoms with E-state index in [1.807, 2.05) is 20.0 Å². The lowest BCUT2D eigenvalue weighted by Gasteiger charge is -2.10. The van der Waals surface area contributed by atoms with Crippen molar-refractivity contribution in [1.29, 1.82) is 0 Å². The highest BCUT2D eigenvalue weighted by atomic mass is 16.1. The van der Waals surface area contributed by atoms with Gasteiger partial charge >= 0.3 is 0 Å². The molecule has 0 radical (unpaired) electrons. The Hall–Kier alpha value is -2.17. The number of fused-ring (bicyclic) bond motifs is 1. The van der Waals surface area contributed by atoms with Gasteiger partial charge in [0.15, 0.2) is 5.65 Å². The second-order valence-corrected chi connectivity index (χ2v) is 5.16. The molecule has 0 aliphatic carbocycles. The van der Waals surface area contributed by atoms with Crippen LogP contribution in [0.3, 0.4) is 0 Å². The number of aromatic nitrogens is 3. The SMILES string of the molecule is C=CCNC(=O)c1cc(C(C)C)nc2c1c(C)nn2C. The summed E-state index contributed by atoms with van der Waals surface area (Å²) in [7, 11) is 1.85. The van der Waals surface area contributed by atoms with Crippen molar-refractivity contribution in [1.82, 2.24) is 20.1 Å². The second-order valence-electron chi connectivity index (χ2n) is 5.16. The molecular weight excluding hydrogens is 252 g/mol. The van der Waals surface area contributed by atoms with Crippen LogP contribution in [0.5, 0.6) is 0 Å². The number of rotatable bonds is 4. The quantitative estimate of drug-likeness (QED) is 0.869. The standard InChI is InChI=1S/C15H20N4O/c1-6-7-16-15(20)11-8-12(9(2)3)17-14-13(11)10(4)18-19(14)5/h6,8-9H,1,7H2,2-5H3,(H,16,20). The highest BCUT2D eigenvalue weighted by Gasteiger charge is 2.19. The molecule has 20 heavy (non-hydrogen) atoms. The lowest BCUT2D eigenvalue weighted by Crippen LogP contribution is -2.24. The number of hydrogen-bond acceptors (Lipinski definition) is 3. The van der Waals surface area contributed by atoms with Gasteiger partial charge < -0.3 is 5.32 Å². The van der Waals surface area contributed by atoms with Gasteiger partial charge in [-0.05, 0) is 18.9 Å². The van der Waals surface area contributed by atoms with Gasteiger partial charge in [0.1, 0.15) is 0 Å². The van der Waals surface area contributed by atoms with Crippen LogP contribution in [0.25, 0.3) is 11.0 Å². The molecule has 0 unspecified atom stereocenters. The maximum atomic E-state index is 12.3. The third-order valence-corrected chi connectivity index (χ3v) is 3.23. The lowest BCUT2D eigenvalue weighted by molar-refractivity contribution is 0.0959. The summed E-state index contributed by atoms with van der Waals surface area (Å²) in [5.41, 5.74) is 3.09. The van der Waals surface area contributed by atoms with Crippen molar-refractivity contribution in [3.63, 3.8) is 0 Å².